The molecule has 2 amide bonds. The summed E-state index contributed by atoms with van der Waals surface area (Å²) in [5.41, 5.74) is 4.20. The predicted octanol–water partition coefficient (Wildman–Crippen LogP) is 4.43. The van der Waals surface area contributed by atoms with E-state index >= 15 is 0 Å². The summed E-state index contributed by atoms with van der Waals surface area (Å²) in [6.45, 7) is -0.0964. The number of aryl methyl sites for hydroxylation is 2. The minimum absolute atomic E-state index is 0.0401. The van der Waals surface area contributed by atoms with Crippen LogP contribution in [0.3, 0.4) is 0 Å². The van der Waals surface area contributed by atoms with Gasteiger partial charge in [-0.15, -0.1) is 6.42 Å². The molecule has 3 aromatic heterocycles. The minimum atomic E-state index is -0.562. The van der Waals surface area contributed by atoms with Gasteiger partial charge in [0.15, 0.2) is 6.61 Å². The normalized spacial score (nSPS) is 17.9. The Morgan fingerprint density at radius 3 is 2.57 bits per heavy atom. The number of terminal acetylenes is 1. The molecule has 2 aliphatic rings. The van der Waals surface area contributed by atoms with E-state index in [9.17, 15) is 14.4 Å². The number of aromatic nitrogens is 5. The molecule has 13 nitrogen and oxygen atoms in total. The second-order valence-corrected chi connectivity index (χ2v) is 11.3. The molecule has 3 N–H and O–H groups in total. The number of nitrogens with zero attached hydrogens (tertiary/aromatic N) is 5. The molecule has 0 spiro atoms. The van der Waals surface area contributed by atoms with Gasteiger partial charge in [-0.05, 0) is 62.3 Å². The molecule has 44 heavy (non-hydrogen) atoms. The zero-order valence-electron chi connectivity index (χ0n) is 24.6. The van der Waals surface area contributed by atoms with Crippen molar-refractivity contribution < 1.29 is 19.1 Å². The fourth-order valence-corrected chi connectivity index (χ4v) is 5.76. The van der Waals surface area contributed by atoms with Gasteiger partial charge in [0.2, 0.25) is 0 Å². The smallest absolute Gasteiger partial charge is 0.411 e. The first-order valence-electron chi connectivity index (χ1n) is 14.6. The lowest BCUT2D eigenvalue weighted by Gasteiger charge is -2.25. The molecule has 0 radical (unpaired) electrons. The highest BCUT2D eigenvalue weighted by molar-refractivity contribution is 5.88. The standard InChI is InChI=1S/C31H34N8O5/c1-4-10-43-29(40)35-21-8-9-24(14-21)39-26-15-28(32-17-27(26)38(3)31(39)42)34-22-11-19(20-16-33-37(2)18-20)12-23(13-22)36-30(41)44-25-6-5-7-25/h1,11-13,15-18,21,24-25H,5-10,14H2,2-3H3,(H,32,34)(H,35,40)(H,36,41)/t21-,24-/m1/s1. The molecule has 0 bridgehead atoms. The van der Waals surface area contributed by atoms with Crippen molar-refractivity contribution in [1.29, 1.82) is 0 Å². The van der Waals surface area contributed by atoms with Gasteiger partial charge in [-0.3, -0.25) is 19.1 Å². The Hall–Kier alpha value is -5.25. The Morgan fingerprint density at radius 2 is 1.84 bits per heavy atom. The summed E-state index contributed by atoms with van der Waals surface area (Å²) in [6.07, 6.45) is 14.2. The van der Waals surface area contributed by atoms with Crippen LogP contribution in [0, 0.1) is 12.3 Å². The largest absolute Gasteiger partial charge is 0.446 e. The number of alkyl carbamates (subject to hydrolysis) is 1. The van der Waals surface area contributed by atoms with E-state index in [0.29, 0.717) is 42.0 Å². The SMILES string of the molecule is C#CCOC(=O)N[C@@H]1CC[C@@H](n2c(=O)n(C)c3cnc(Nc4cc(NC(=O)OC5CCC5)cc(-c5cnn(C)c5)c4)cc32)C1. The van der Waals surface area contributed by atoms with Gasteiger partial charge in [-0.2, -0.15) is 5.10 Å². The van der Waals surface area contributed by atoms with Crippen LogP contribution in [0.4, 0.5) is 26.8 Å². The molecule has 1 aromatic carbocycles. The first-order valence-corrected chi connectivity index (χ1v) is 14.6. The number of pyridine rings is 1. The highest BCUT2D eigenvalue weighted by atomic mass is 16.6. The number of hydrogen-bond donors (Lipinski definition) is 3. The van der Waals surface area contributed by atoms with Crippen LogP contribution in [-0.4, -0.2) is 54.8 Å². The quantitative estimate of drug-likeness (QED) is 0.253. The highest BCUT2D eigenvalue weighted by Crippen LogP contribution is 2.33. The zero-order chi connectivity index (χ0) is 30.8. The van der Waals surface area contributed by atoms with Crippen LogP contribution in [0.2, 0.25) is 0 Å². The van der Waals surface area contributed by atoms with E-state index in [-0.39, 0.29) is 30.5 Å². The maximum atomic E-state index is 13.4. The lowest BCUT2D eigenvalue weighted by Crippen LogP contribution is -2.34. The number of rotatable bonds is 8. The Bertz CT molecular complexity index is 1810. The molecule has 2 aliphatic carbocycles. The molecule has 2 atom stereocenters. The van der Waals surface area contributed by atoms with Crippen molar-refractivity contribution in [2.75, 3.05) is 17.2 Å². The lowest BCUT2D eigenvalue weighted by atomic mass is 9.96. The summed E-state index contributed by atoms with van der Waals surface area (Å²) in [4.78, 5) is 42.5. The molecule has 0 saturated heterocycles. The third-order valence-corrected chi connectivity index (χ3v) is 8.17. The molecular weight excluding hydrogens is 564 g/mol. The number of hydrogen-bond acceptors (Lipinski definition) is 8. The average molecular weight is 599 g/mol. The molecular formula is C31H34N8O5. The number of benzene rings is 1. The van der Waals surface area contributed by atoms with Gasteiger partial charge in [0.1, 0.15) is 11.9 Å². The molecule has 0 aliphatic heterocycles. The molecule has 4 aromatic rings. The van der Waals surface area contributed by atoms with E-state index in [4.69, 9.17) is 15.9 Å². The Labute approximate surface area is 253 Å². The van der Waals surface area contributed by atoms with Crippen molar-refractivity contribution in [3.05, 3.63) is 53.3 Å². The summed E-state index contributed by atoms with van der Waals surface area (Å²) < 4.78 is 15.5. The number of nitrogens with one attached hydrogen (secondary N) is 3. The van der Waals surface area contributed by atoms with Gasteiger partial charge < -0.3 is 20.1 Å². The van der Waals surface area contributed by atoms with Crippen molar-refractivity contribution in [1.82, 2.24) is 29.2 Å². The molecule has 228 valence electrons. The lowest BCUT2D eigenvalue weighted by molar-refractivity contribution is 0.0624. The molecule has 3 heterocycles. The molecule has 2 saturated carbocycles. The summed E-state index contributed by atoms with van der Waals surface area (Å²) in [6, 6.07) is 7.19. The van der Waals surface area contributed by atoms with Crippen LogP contribution < -0.4 is 21.6 Å². The van der Waals surface area contributed by atoms with Crippen LogP contribution in [0.5, 0.6) is 0 Å². The monoisotopic (exact) mass is 598 g/mol. The van der Waals surface area contributed by atoms with E-state index in [1.807, 2.05) is 31.4 Å². The topological polar surface area (TPSA) is 146 Å². The number of fused-ring (bicyclic) bond motifs is 1. The van der Waals surface area contributed by atoms with Crippen molar-refractivity contribution in [3.63, 3.8) is 0 Å². The van der Waals surface area contributed by atoms with Crippen molar-refractivity contribution >= 4 is 40.4 Å². The molecule has 13 heteroatoms. The number of anilines is 3. The van der Waals surface area contributed by atoms with Gasteiger partial charge in [0.05, 0.1) is 23.4 Å². The first kappa shape index (κ1) is 28.9. The number of carbonyl (C=O) groups excluding carboxylic acids is 2. The van der Waals surface area contributed by atoms with Crippen molar-refractivity contribution in [2.45, 2.75) is 56.7 Å². The third kappa shape index (κ3) is 6.10. The summed E-state index contributed by atoms with van der Waals surface area (Å²) in [7, 11) is 3.56. The van der Waals surface area contributed by atoms with Crippen LogP contribution in [0.1, 0.15) is 44.6 Å². The molecule has 6 rings (SSSR count). The number of imidazole rings is 1. The van der Waals surface area contributed by atoms with Crippen molar-refractivity contribution in [3.8, 4) is 23.5 Å². The van der Waals surface area contributed by atoms with Crippen LogP contribution >= 0.6 is 0 Å². The summed E-state index contributed by atoms with van der Waals surface area (Å²) >= 11 is 0. The van der Waals surface area contributed by atoms with Gasteiger partial charge in [0.25, 0.3) is 0 Å². The van der Waals surface area contributed by atoms with E-state index in [2.05, 4.69) is 32.0 Å². The minimum Gasteiger partial charge on any atom is -0.446 e. The van der Waals surface area contributed by atoms with Gasteiger partial charge in [-0.25, -0.2) is 19.4 Å². The molecule has 0 unspecified atom stereocenters. The number of ether oxygens (including phenoxy) is 2. The van der Waals surface area contributed by atoms with Crippen LogP contribution in [-0.2, 0) is 23.6 Å². The Morgan fingerprint density at radius 1 is 1.02 bits per heavy atom. The van der Waals surface area contributed by atoms with Gasteiger partial charge in [0, 0.05) is 55.4 Å². The Kier molecular flexibility index (Phi) is 7.97. The average Bonchev–Trinajstić information content (AvgIpc) is 3.68. The van der Waals surface area contributed by atoms with E-state index < -0.39 is 12.2 Å². The summed E-state index contributed by atoms with van der Waals surface area (Å²) in [5, 5.41) is 13.3. The maximum absolute atomic E-state index is 13.4. The second-order valence-electron chi connectivity index (χ2n) is 11.3. The molecule has 2 fully saturated rings. The number of carbonyl (C=O) groups is 2. The second kappa shape index (κ2) is 12.2. The van der Waals surface area contributed by atoms with E-state index in [1.165, 1.54) is 0 Å². The highest BCUT2D eigenvalue weighted by Gasteiger charge is 2.30. The third-order valence-electron chi connectivity index (χ3n) is 8.17. The van der Waals surface area contributed by atoms with E-state index in [0.717, 1.165) is 35.9 Å². The Balaban J connectivity index is 1.26. The van der Waals surface area contributed by atoms with E-state index in [1.54, 1.807) is 39.3 Å². The fourth-order valence-electron chi connectivity index (χ4n) is 5.76. The summed E-state index contributed by atoms with van der Waals surface area (Å²) in [5.74, 6) is 2.80. The predicted molar refractivity (Wildman–Crippen MR) is 165 cm³/mol. The number of amides is 2. The zero-order valence-corrected chi connectivity index (χ0v) is 24.6. The van der Waals surface area contributed by atoms with Crippen molar-refractivity contribution in [2.24, 2.45) is 14.1 Å². The van der Waals surface area contributed by atoms with Crippen LogP contribution in [0.25, 0.3) is 22.2 Å². The van der Waals surface area contributed by atoms with Gasteiger partial charge >= 0.3 is 17.9 Å². The first-order chi connectivity index (χ1) is 21.3. The fraction of sp³-hybridized carbons (Fsp3) is 0.387. The van der Waals surface area contributed by atoms with Gasteiger partial charge in [-0.1, -0.05) is 5.92 Å². The van der Waals surface area contributed by atoms with Crippen LogP contribution in [0.15, 0.2) is 47.7 Å². The maximum Gasteiger partial charge on any atom is 0.411 e.